The van der Waals surface area contributed by atoms with E-state index in [0.29, 0.717) is 6.07 Å². The van der Waals surface area contributed by atoms with E-state index >= 15 is 0 Å². The van der Waals surface area contributed by atoms with Crippen LogP contribution in [0.25, 0.3) is 6.08 Å². The predicted octanol–water partition coefficient (Wildman–Crippen LogP) is 2.30. The maximum atomic E-state index is 12.7. The van der Waals surface area contributed by atoms with E-state index in [1.807, 2.05) is 0 Å². The summed E-state index contributed by atoms with van der Waals surface area (Å²) in [6, 6.07) is 2.73. The van der Waals surface area contributed by atoms with Crippen molar-refractivity contribution in [1.82, 2.24) is 0 Å². The number of rotatable bonds is 4. The van der Waals surface area contributed by atoms with Gasteiger partial charge in [0.05, 0.1) is 12.0 Å². The molecular formula is C10H10F2O3S. The molecule has 1 aromatic rings. The van der Waals surface area contributed by atoms with Crippen molar-refractivity contribution in [1.29, 1.82) is 0 Å². The first kappa shape index (κ1) is 12.8. The van der Waals surface area contributed by atoms with Crippen LogP contribution >= 0.6 is 0 Å². The molecule has 0 aliphatic heterocycles. The van der Waals surface area contributed by atoms with Crippen LogP contribution in [0, 0.1) is 11.6 Å². The van der Waals surface area contributed by atoms with Gasteiger partial charge in [-0.3, -0.25) is 4.18 Å². The van der Waals surface area contributed by atoms with Gasteiger partial charge in [0.2, 0.25) is 0 Å². The van der Waals surface area contributed by atoms with Crippen molar-refractivity contribution in [3.05, 3.63) is 40.8 Å². The van der Waals surface area contributed by atoms with Crippen molar-refractivity contribution in [2.24, 2.45) is 0 Å². The molecule has 6 heteroatoms. The fourth-order valence-electron chi connectivity index (χ4n) is 1.04. The molecule has 16 heavy (non-hydrogen) atoms. The Hall–Kier alpha value is -1.27. The van der Waals surface area contributed by atoms with Crippen molar-refractivity contribution >= 4 is 16.2 Å². The van der Waals surface area contributed by atoms with E-state index in [1.54, 1.807) is 0 Å². The van der Waals surface area contributed by atoms with Crippen molar-refractivity contribution < 1.29 is 21.4 Å². The van der Waals surface area contributed by atoms with Gasteiger partial charge in [-0.25, -0.2) is 8.78 Å². The zero-order valence-corrected chi connectivity index (χ0v) is 9.30. The molecule has 0 aliphatic rings. The number of halogens is 2. The van der Waals surface area contributed by atoms with Gasteiger partial charge in [0.25, 0.3) is 10.1 Å². The largest absolute Gasteiger partial charge is 0.290 e. The van der Waals surface area contributed by atoms with Gasteiger partial charge in [-0.05, 0) is 30.7 Å². The molecule has 3 nitrogen and oxygen atoms in total. The molecule has 1 rings (SSSR count). The van der Waals surface area contributed by atoms with Gasteiger partial charge in [-0.1, -0.05) is 0 Å². The fourth-order valence-corrected chi connectivity index (χ4v) is 1.77. The van der Waals surface area contributed by atoms with E-state index in [2.05, 4.69) is 4.18 Å². The van der Waals surface area contributed by atoms with Crippen molar-refractivity contribution in [2.45, 2.75) is 6.92 Å². The van der Waals surface area contributed by atoms with Crippen LogP contribution < -0.4 is 0 Å². The minimum absolute atomic E-state index is 0.00415. The summed E-state index contributed by atoms with van der Waals surface area (Å²) >= 11 is 0. The zero-order chi connectivity index (χ0) is 12.2. The van der Waals surface area contributed by atoms with E-state index in [9.17, 15) is 17.2 Å². The van der Waals surface area contributed by atoms with Crippen LogP contribution in [0.2, 0.25) is 0 Å². The third-order valence-electron chi connectivity index (χ3n) is 1.59. The quantitative estimate of drug-likeness (QED) is 0.768. The van der Waals surface area contributed by atoms with Gasteiger partial charge in [0.1, 0.15) is 11.6 Å². The summed E-state index contributed by atoms with van der Waals surface area (Å²) in [5.41, 5.74) is 0.112. The Morgan fingerprint density at radius 2 is 1.81 bits per heavy atom. The lowest BCUT2D eigenvalue weighted by atomic mass is 10.2. The lowest BCUT2D eigenvalue weighted by Crippen LogP contribution is -2.00. The summed E-state index contributed by atoms with van der Waals surface area (Å²) in [4.78, 5) is 0. The average molecular weight is 248 g/mol. The van der Waals surface area contributed by atoms with Crippen LogP contribution in [0.4, 0.5) is 8.78 Å². The van der Waals surface area contributed by atoms with E-state index in [-0.39, 0.29) is 12.2 Å². The Morgan fingerprint density at radius 1 is 1.25 bits per heavy atom. The third-order valence-corrected chi connectivity index (χ3v) is 2.63. The van der Waals surface area contributed by atoms with Gasteiger partial charge < -0.3 is 0 Å². The lowest BCUT2D eigenvalue weighted by molar-refractivity contribution is 0.345. The number of hydrogen-bond donors (Lipinski definition) is 0. The predicted molar refractivity (Wildman–Crippen MR) is 55.9 cm³/mol. The maximum Gasteiger partial charge on any atom is 0.290 e. The topological polar surface area (TPSA) is 43.4 Å². The smallest absolute Gasteiger partial charge is 0.267 e. The molecule has 0 radical (unpaired) electrons. The number of hydrogen-bond acceptors (Lipinski definition) is 3. The van der Waals surface area contributed by atoms with Crippen molar-refractivity contribution in [3.8, 4) is 0 Å². The summed E-state index contributed by atoms with van der Waals surface area (Å²) in [6.45, 7) is 1.53. The first-order chi connectivity index (χ1) is 7.43. The molecule has 0 fully saturated rings. The van der Waals surface area contributed by atoms with E-state index in [4.69, 9.17) is 0 Å². The zero-order valence-electron chi connectivity index (χ0n) is 8.48. The molecule has 0 aliphatic carbocycles. The average Bonchev–Trinajstić information content (AvgIpc) is 2.13. The second-order valence-corrected chi connectivity index (χ2v) is 4.40. The third kappa shape index (κ3) is 4.08. The minimum Gasteiger partial charge on any atom is -0.267 e. The second kappa shape index (κ2) is 5.18. The number of benzene rings is 1. The minimum atomic E-state index is -3.78. The molecule has 0 atom stereocenters. The van der Waals surface area contributed by atoms with Crippen LogP contribution in [0.5, 0.6) is 0 Å². The second-order valence-electron chi connectivity index (χ2n) is 2.90. The molecule has 0 amide bonds. The van der Waals surface area contributed by atoms with Crippen LogP contribution in [0.1, 0.15) is 12.5 Å². The highest BCUT2D eigenvalue weighted by atomic mass is 32.2. The molecule has 0 saturated carbocycles. The van der Waals surface area contributed by atoms with Gasteiger partial charge >= 0.3 is 0 Å². The molecule has 0 unspecified atom stereocenters. The molecule has 0 N–H and O–H groups in total. The van der Waals surface area contributed by atoms with Crippen molar-refractivity contribution in [3.63, 3.8) is 0 Å². The highest BCUT2D eigenvalue weighted by Crippen LogP contribution is 2.10. The normalized spacial score (nSPS) is 12.2. The van der Waals surface area contributed by atoms with Gasteiger partial charge in [-0.15, -0.1) is 0 Å². The van der Waals surface area contributed by atoms with E-state index < -0.39 is 21.8 Å². The molecule has 0 bridgehead atoms. The molecule has 0 saturated heterocycles. The maximum absolute atomic E-state index is 12.7. The van der Waals surface area contributed by atoms with Crippen LogP contribution in [-0.2, 0) is 14.3 Å². The van der Waals surface area contributed by atoms with E-state index in [1.165, 1.54) is 6.92 Å². The lowest BCUT2D eigenvalue weighted by Gasteiger charge is -1.97. The van der Waals surface area contributed by atoms with E-state index in [0.717, 1.165) is 23.6 Å². The molecule has 0 aromatic heterocycles. The van der Waals surface area contributed by atoms with Gasteiger partial charge in [-0.2, -0.15) is 8.42 Å². The highest BCUT2D eigenvalue weighted by Gasteiger charge is 2.04. The van der Waals surface area contributed by atoms with Crippen LogP contribution in [0.15, 0.2) is 23.6 Å². The standard InChI is InChI=1S/C10H10F2O3S/c1-2-15-16(13,14)4-3-8-5-9(11)7-10(12)6-8/h3-7H,2H2,1H3. The first-order valence-electron chi connectivity index (χ1n) is 4.46. The highest BCUT2D eigenvalue weighted by molar-refractivity contribution is 7.89. The summed E-state index contributed by atoms with van der Waals surface area (Å²) in [7, 11) is -3.78. The Balaban J connectivity index is 2.92. The van der Waals surface area contributed by atoms with Crippen LogP contribution in [0.3, 0.4) is 0 Å². The fraction of sp³-hybridized carbons (Fsp3) is 0.200. The molecular weight excluding hydrogens is 238 g/mol. The van der Waals surface area contributed by atoms with Gasteiger partial charge in [0.15, 0.2) is 0 Å². The monoisotopic (exact) mass is 248 g/mol. The summed E-state index contributed by atoms with van der Waals surface area (Å²) < 4.78 is 52.0. The van der Waals surface area contributed by atoms with Crippen molar-refractivity contribution in [2.75, 3.05) is 6.61 Å². The Labute approximate surface area is 92.5 Å². The molecule has 1 aromatic carbocycles. The molecule has 0 spiro atoms. The SMILES string of the molecule is CCOS(=O)(=O)C=Cc1cc(F)cc(F)c1. The summed E-state index contributed by atoms with van der Waals surface area (Å²) in [5.74, 6) is -1.54. The van der Waals surface area contributed by atoms with Crippen LogP contribution in [-0.4, -0.2) is 15.0 Å². The summed E-state index contributed by atoms with van der Waals surface area (Å²) in [5, 5.41) is 0.755. The Kier molecular flexibility index (Phi) is 4.14. The van der Waals surface area contributed by atoms with Gasteiger partial charge in [0, 0.05) is 6.07 Å². The Morgan fingerprint density at radius 3 is 2.31 bits per heavy atom. The Bertz CT molecular complexity index is 475. The first-order valence-corrected chi connectivity index (χ1v) is 5.93. The summed E-state index contributed by atoms with van der Waals surface area (Å²) in [6.07, 6.45) is 1.07. The molecule has 88 valence electrons. The molecule has 0 heterocycles.